The molecule has 0 fully saturated rings. The summed E-state index contributed by atoms with van der Waals surface area (Å²) in [7, 11) is 0. The molecule has 0 saturated heterocycles. The molecule has 1 N–H and O–H groups in total. The minimum Gasteiger partial charge on any atom is -0.350 e. The smallest absolute Gasteiger partial charge is 0.278 e. The van der Waals surface area contributed by atoms with Crippen molar-refractivity contribution < 1.29 is 4.79 Å². The lowest BCUT2D eigenvalue weighted by molar-refractivity contribution is -0.121. The third-order valence-electron chi connectivity index (χ3n) is 6.09. The Labute approximate surface area is 197 Å². The first-order valence-corrected chi connectivity index (χ1v) is 11.3. The molecule has 34 heavy (non-hydrogen) atoms. The summed E-state index contributed by atoms with van der Waals surface area (Å²) in [5.41, 5.74) is 6.04. The van der Waals surface area contributed by atoms with Crippen molar-refractivity contribution in [2.45, 2.75) is 33.5 Å². The number of rotatable bonds is 6. The normalized spacial score (nSPS) is 11.2. The number of carbonyl (C=O) groups is 1. The Balaban J connectivity index is 1.53. The molecule has 2 aromatic heterocycles. The van der Waals surface area contributed by atoms with Crippen LogP contribution in [0.5, 0.6) is 0 Å². The maximum absolute atomic E-state index is 13.6. The summed E-state index contributed by atoms with van der Waals surface area (Å²) in [4.78, 5) is 31.1. The Morgan fingerprint density at radius 3 is 2.41 bits per heavy atom. The molecule has 0 spiro atoms. The fourth-order valence-electron chi connectivity index (χ4n) is 4.28. The Bertz CT molecular complexity index is 1550. The van der Waals surface area contributed by atoms with Crippen LogP contribution in [0.25, 0.3) is 21.9 Å². The first-order valence-electron chi connectivity index (χ1n) is 11.3. The number of nitrogens with one attached hydrogen (secondary N) is 1. The van der Waals surface area contributed by atoms with Gasteiger partial charge in [0, 0.05) is 11.9 Å². The van der Waals surface area contributed by atoms with E-state index in [0.717, 1.165) is 27.6 Å². The summed E-state index contributed by atoms with van der Waals surface area (Å²) < 4.78 is 3.40. The standard InChI is InChI=1S/C28H26N4O2/c1-19-8-11-21(12-9-19)15-29-25(33)17-32-24-13-10-20(2)14-23(24)26-27(32)28(34)31(18-30-26)16-22-6-4-3-5-7-22/h3-14,18H,15-17H2,1-2H3,(H,29,33). The second-order valence-corrected chi connectivity index (χ2v) is 8.73. The van der Waals surface area contributed by atoms with Crippen molar-refractivity contribution in [2.24, 2.45) is 0 Å². The first-order chi connectivity index (χ1) is 16.5. The predicted octanol–water partition coefficient (Wildman–Crippen LogP) is 4.33. The van der Waals surface area contributed by atoms with Gasteiger partial charge in [-0.3, -0.25) is 14.2 Å². The van der Waals surface area contributed by atoms with Crippen molar-refractivity contribution in [3.63, 3.8) is 0 Å². The molecule has 0 aliphatic rings. The fourth-order valence-corrected chi connectivity index (χ4v) is 4.28. The van der Waals surface area contributed by atoms with Gasteiger partial charge in [0.05, 0.1) is 18.4 Å². The minimum absolute atomic E-state index is 0.0428. The van der Waals surface area contributed by atoms with Crippen LogP contribution in [0.4, 0.5) is 0 Å². The number of aromatic nitrogens is 3. The van der Waals surface area contributed by atoms with Gasteiger partial charge < -0.3 is 9.88 Å². The van der Waals surface area contributed by atoms with Crippen LogP contribution in [0, 0.1) is 13.8 Å². The highest BCUT2D eigenvalue weighted by Gasteiger charge is 2.18. The van der Waals surface area contributed by atoms with Crippen LogP contribution < -0.4 is 10.9 Å². The summed E-state index contributed by atoms with van der Waals surface area (Å²) in [5.74, 6) is -0.155. The molecule has 6 heteroatoms. The van der Waals surface area contributed by atoms with E-state index in [-0.39, 0.29) is 18.0 Å². The molecule has 0 aliphatic heterocycles. The maximum Gasteiger partial charge on any atom is 0.278 e. The van der Waals surface area contributed by atoms with Crippen molar-refractivity contribution in [3.05, 3.63) is 112 Å². The van der Waals surface area contributed by atoms with Crippen molar-refractivity contribution in [3.8, 4) is 0 Å². The van der Waals surface area contributed by atoms with E-state index in [1.807, 2.05) is 86.6 Å². The Hall–Kier alpha value is -4.19. The van der Waals surface area contributed by atoms with Crippen LogP contribution >= 0.6 is 0 Å². The van der Waals surface area contributed by atoms with Crippen molar-refractivity contribution in [1.82, 2.24) is 19.4 Å². The van der Waals surface area contributed by atoms with Crippen LogP contribution in [0.3, 0.4) is 0 Å². The van der Waals surface area contributed by atoms with E-state index in [1.165, 1.54) is 5.56 Å². The van der Waals surface area contributed by atoms with Crippen molar-refractivity contribution >= 4 is 27.8 Å². The lowest BCUT2D eigenvalue weighted by Gasteiger charge is -2.10. The lowest BCUT2D eigenvalue weighted by Crippen LogP contribution is -2.29. The summed E-state index contributed by atoms with van der Waals surface area (Å²) in [5, 5.41) is 3.86. The average Bonchev–Trinajstić information content (AvgIpc) is 3.14. The van der Waals surface area contributed by atoms with Gasteiger partial charge in [-0.1, -0.05) is 71.8 Å². The number of hydrogen-bond acceptors (Lipinski definition) is 3. The molecule has 5 aromatic rings. The molecule has 6 nitrogen and oxygen atoms in total. The van der Waals surface area contributed by atoms with Gasteiger partial charge in [-0.05, 0) is 37.1 Å². The zero-order valence-corrected chi connectivity index (χ0v) is 19.3. The molecule has 3 aromatic carbocycles. The van der Waals surface area contributed by atoms with Crippen LogP contribution in [0.1, 0.15) is 22.3 Å². The average molecular weight is 451 g/mol. The van der Waals surface area contributed by atoms with Gasteiger partial charge in [0.15, 0.2) is 0 Å². The number of aryl methyl sites for hydroxylation is 2. The highest BCUT2D eigenvalue weighted by atomic mass is 16.2. The van der Waals surface area contributed by atoms with Gasteiger partial charge in [-0.25, -0.2) is 4.98 Å². The van der Waals surface area contributed by atoms with E-state index in [4.69, 9.17) is 0 Å². The molecule has 2 heterocycles. The minimum atomic E-state index is -0.158. The number of amides is 1. The van der Waals surface area contributed by atoms with Crippen molar-refractivity contribution in [1.29, 1.82) is 0 Å². The molecule has 0 radical (unpaired) electrons. The molecule has 0 atom stereocenters. The number of nitrogens with zero attached hydrogens (tertiary/aromatic N) is 3. The number of hydrogen-bond donors (Lipinski definition) is 1. The quantitative estimate of drug-likeness (QED) is 0.419. The highest BCUT2D eigenvalue weighted by Crippen LogP contribution is 2.26. The molecule has 0 unspecified atom stereocenters. The third-order valence-corrected chi connectivity index (χ3v) is 6.09. The molecular weight excluding hydrogens is 424 g/mol. The van der Waals surface area contributed by atoms with Gasteiger partial charge >= 0.3 is 0 Å². The summed E-state index contributed by atoms with van der Waals surface area (Å²) in [6.07, 6.45) is 1.60. The van der Waals surface area contributed by atoms with E-state index in [0.29, 0.717) is 24.1 Å². The predicted molar refractivity (Wildman–Crippen MR) is 135 cm³/mol. The molecule has 0 saturated carbocycles. The second kappa shape index (κ2) is 8.98. The Morgan fingerprint density at radius 1 is 0.912 bits per heavy atom. The van der Waals surface area contributed by atoms with E-state index in [1.54, 1.807) is 15.5 Å². The van der Waals surface area contributed by atoms with Gasteiger partial charge in [-0.15, -0.1) is 0 Å². The summed E-state index contributed by atoms with van der Waals surface area (Å²) in [6.45, 7) is 4.94. The topological polar surface area (TPSA) is 68.9 Å². The molecule has 0 aliphatic carbocycles. The number of carbonyl (C=O) groups excluding carboxylic acids is 1. The van der Waals surface area contributed by atoms with Gasteiger partial charge in [0.2, 0.25) is 5.91 Å². The van der Waals surface area contributed by atoms with Gasteiger partial charge in [0.25, 0.3) is 5.56 Å². The van der Waals surface area contributed by atoms with Crippen LogP contribution in [0.2, 0.25) is 0 Å². The molecular formula is C28H26N4O2. The van der Waals surface area contributed by atoms with E-state index >= 15 is 0 Å². The first kappa shape index (κ1) is 21.6. The number of benzene rings is 3. The largest absolute Gasteiger partial charge is 0.350 e. The van der Waals surface area contributed by atoms with Gasteiger partial charge in [-0.2, -0.15) is 0 Å². The Kier molecular flexibility index (Phi) is 5.72. The molecule has 1 amide bonds. The highest BCUT2D eigenvalue weighted by molar-refractivity contribution is 6.06. The number of fused-ring (bicyclic) bond motifs is 3. The SMILES string of the molecule is Cc1ccc(CNC(=O)Cn2c3ccc(C)cc3c3ncn(Cc4ccccc4)c(=O)c32)cc1. The molecule has 170 valence electrons. The van der Waals surface area contributed by atoms with Crippen LogP contribution in [0.15, 0.2) is 83.9 Å². The second-order valence-electron chi connectivity index (χ2n) is 8.73. The maximum atomic E-state index is 13.6. The summed E-state index contributed by atoms with van der Waals surface area (Å²) in [6, 6.07) is 23.8. The summed E-state index contributed by atoms with van der Waals surface area (Å²) >= 11 is 0. The zero-order chi connectivity index (χ0) is 23.7. The van der Waals surface area contributed by atoms with Crippen LogP contribution in [-0.2, 0) is 24.4 Å². The van der Waals surface area contributed by atoms with Gasteiger partial charge in [0.1, 0.15) is 17.6 Å². The fraction of sp³-hybridized carbons (Fsp3) is 0.179. The Morgan fingerprint density at radius 2 is 1.65 bits per heavy atom. The monoisotopic (exact) mass is 450 g/mol. The van der Waals surface area contributed by atoms with Crippen molar-refractivity contribution in [2.75, 3.05) is 0 Å². The van der Waals surface area contributed by atoms with E-state index in [9.17, 15) is 9.59 Å². The van der Waals surface area contributed by atoms with E-state index in [2.05, 4.69) is 10.3 Å². The third kappa shape index (κ3) is 4.22. The molecule has 0 bridgehead atoms. The van der Waals surface area contributed by atoms with E-state index < -0.39 is 0 Å². The molecule has 5 rings (SSSR count). The van der Waals surface area contributed by atoms with Crippen LogP contribution in [-0.4, -0.2) is 20.0 Å². The lowest BCUT2D eigenvalue weighted by atomic mass is 10.1. The zero-order valence-electron chi connectivity index (χ0n) is 19.3.